The van der Waals surface area contributed by atoms with Crippen molar-refractivity contribution in [2.45, 2.75) is 11.1 Å². The summed E-state index contributed by atoms with van der Waals surface area (Å²) in [6, 6.07) is 18.4. The van der Waals surface area contributed by atoms with E-state index < -0.39 is 11.7 Å². The average Bonchev–Trinajstić information content (AvgIpc) is 2.59. The number of fused-ring (bicyclic) bond motifs is 1. The van der Waals surface area contributed by atoms with Crippen LogP contribution in [0, 0.1) is 0 Å². The zero-order valence-electron chi connectivity index (χ0n) is 13.0. The van der Waals surface area contributed by atoms with Crippen LogP contribution in [0.1, 0.15) is 5.56 Å². The molecule has 0 unspecified atom stereocenters. The van der Waals surface area contributed by atoms with Gasteiger partial charge in [0.25, 0.3) is 0 Å². The topological polar surface area (TPSA) is 29.1 Å². The largest absolute Gasteiger partial charge is 0.416 e. The summed E-state index contributed by atoms with van der Waals surface area (Å²) in [5, 5.41) is 4.69. The normalized spacial score (nSPS) is 11.5. The molecule has 0 bridgehead atoms. The second-order valence-corrected chi connectivity index (χ2v) is 6.47. The number of hydrogen-bond donors (Lipinski definition) is 1. The molecule has 0 heterocycles. The van der Waals surface area contributed by atoms with Gasteiger partial charge in [0, 0.05) is 10.6 Å². The second-order valence-electron chi connectivity index (χ2n) is 5.42. The van der Waals surface area contributed by atoms with E-state index in [-0.39, 0.29) is 17.3 Å². The summed E-state index contributed by atoms with van der Waals surface area (Å²) in [6.45, 7) is 0. The maximum Gasteiger partial charge on any atom is 0.416 e. The number of hydrogen-bond acceptors (Lipinski definition) is 2. The summed E-state index contributed by atoms with van der Waals surface area (Å²) in [6.07, 6.45) is -4.43. The first-order chi connectivity index (χ1) is 11.9. The molecule has 0 radical (unpaired) electrons. The third-order valence-corrected chi connectivity index (χ3v) is 4.56. The Morgan fingerprint density at radius 1 is 0.920 bits per heavy atom. The first-order valence-corrected chi connectivity index (χ1v) is 8.49. The predicted molar refractivity (Wildman–Crippen MR) is 94.7 cm³/mol. The van der Waals surface area contributed by atoms with Gasteiger partial charge in [-0.05, 0) is 41.1 Å². The third kappa shape index (κ3) is 4.54. The van der Waals surface area contributed by atoms with E-state index in [1.807, 2.05) is 42.5 Å². The lowest BCUT2D eigenvalue weighted by Gasteiger charge is -2.10. The quantitative estimate of drug-likeness (QED) is 0.614. The van der Waals surface area contributed by atoms with Gasteiger partial charge in [-0.3, -0.25) is 4.79 Å². The van der Waals surface area contributed by atoms with Crippen LogP contribution in [0.15, 0.2) is 71.6 Å². The minimum Gasteiger partial charge on any atom is -0.325 e. The molecular formula is C19H14F3NOS. The Hall–Kier alpha value is -2.47. The van der Waals surface area contributed by atoms with Crippen molar-refractivity contribution in [2.75, 3.05) is 11.1 Å². The van der Waals surface area contributed by atoms with E-state index in [9.17, 15) is 18.0 Å². The SMILES string of the molecule is O=C(CSc1ccc2ccccc2c1)Nc1cccc(C(F)(F)F)c1. The first kappa shape index (κ1) is 17.4. The van der Waals surface area contributed by atoms with E-state index >= 15 is 0 Å². The molecule has 25 heavy (non-hydrogen) atoms. The summed E-state index contributed by atoms with van der Waals surface area (Å²) in [5.41, 5.74) is -0.647. The Bertz CT molecular complexity index is 908. The van der Waals surface area contributed by atoms with Crippen LogP contribution >= 0.6 is 11.8 Å². The van der Waals surface area contributed by atoms with Gasteiger partial charge in [-0.1, -0.05) is 36.4 Å². The van der Waals surface area contributed by atoms with Gasteiger partial charge < -0.3 is 5.32 Å². The van der Waals surface area contributed by atoms with Crippen LogP contribution in [0.3, 0.4) is 0 Å². The minimum absolute atomic E-state index is 0.120. The first-order valence-electron chi connectivity index (χ1n) is 7.50. The lowest BCUT2D eigenvalue weighted by Crippen LogP contribution is -2.15. The number of nitrogens with one attached hydrogen (secondary N) is 1. The Morgan fingerprint density at radius 2 is 1.68 bits per heavy atom. The number of anilines is 1. The molecule has 0 aliphatic heterocycles. The number of carbonyl (C=O) groups is 1. The number of halogens is 3. The van der Waals surface area contributed by atoms with Gasteiger partial charge in [0.15, 0.2) is 0 Å². The number of benzene rings is 3. The molecule has 0 aliphatic rings. The minimum atomic E-state index is -4.43. The number of amides is 1. The van der Waals surface area contributed by atoms with Crippen LogP contribution in [-0.2, 0) is 11.0 Å². The van der Waals surface area contributed by atoms with E-state index in [1.165, 1.54) is 23.9 Å². The number of carbonyl (C=O) groups excluding carboxylic acids is 1. The van der Waals surface area contributed by atoms with Gasteiger partial charge >= 0.3 is 6.18 Å². The molecule has 1 amide bonds. The highest BCUT2D eigenvalue weighted by Gasteiger charge is 2.30. The Morgan fingerprint density at radius 3 is 2.44 bits per heavy atom. The maximum atomic E-state index is 12.7. The summed E-state index contributed by atoms with van der Waals surface area (Å²) >= 11 is 1.34. The maximum absolute atomic E-state index is 12.7. The van der Waals surface area contributed by atoms with Crippen molar-refractivity contribution in [3.8, 4) is 0 Å². The lowest BCUT2D eigenvalue weighted by atomic mass is 10.1. The zero-order valence-corrected chi connectivity index (χ0v) is 13.8. The van der Waals surface area contributed by atoms with Gasteiger partial charge in [0.2, 0.25) is 5.91 Å². The molecule has 0 saturated carbocycles. The van der Waals surface area contributed by atoms with Gasteiger partial charge in [0.05, 0.1) is 11.3 Å². The van der Waals surface area contributed by atoms with E-state index in [0.29, 0.717) is 0 Å². The summed E-state index contributed by atoms with van der Waals surface area (Å²) < 4.78 is 38.1. The molecule has 6 heteroatoms. The molecule has 3 aromatic carbocycles. The van der Waals surface area contributed by atoms with Crippen molar-refractivity contribution < 1.29 is 18.0 Å². The highest BCUT2D eigenvalue weighted by Crippen LogP contribution is 2.30. The van der Waals surface area contributed by atoms with Gasteiger partial charge in [-0.15, -0.1) is 11.8 Å². The Kier molecular flexibility index (Phi) is 4.99. The molecule has 0 aromatic heterocycles. The highest BCUT2D eigenvalue weighted by molar-refractivity contribution is 8.00. The van der Waals surface area contributed by atoms with Crippen molar-refractivity contribution in [1.82, 2.24) is 0 Å². The number of alkyl halides is 3. The van der Waals surface area contributed by atoms with Crippen molar-refractivity contribution in [3.63, 3.8) is 0 Å². The van der Waals surface area contributed by atoms with Gasteiger partial charge in [-0.25, -0.2) is 0 Å². The molecular weight excluding hydrogens is 347 g/mol. The van der Waals surface area contributed by atoms with Crippen LogP contribution < -0.4 is 5.32 Å². The number of rotatable bonds is 4. The van der Waals surface area contributed by atoms with Crippen LogP contribution in [0.5, 0.6) is 0 Å². The molecule has 0 fully saturated rings. The van der Waals surface area contributed by atoms with Crippen LogP contribution in [0.25, 0.3) is 10.8 Å². The standard InChI is InChI=1S/C19H14F3NOS/c20-19(21,22)15-6-3-7-16(11-15)23-18(24)12-25-17-9-8-13-4-1-2-5-14(13)10-17/h1-11H,12H2,(H,23,24). The lowest BCUT2D eigenvalue weighted by molar-refractivity contribution is -0.137. The second kappa shape index (κ2) is 7.19. The monoisotopic (exact) mass is 361 g/mol. The highest BCUT2D eigenvalue weighted by atomic mass is 32.2. The van der Waals surface area contributed by atoms with Crippen LogP contribution in [-0.4, -0.2) is 11.7 Å². The van der Waals surface area contributed by atoms with Crippen molar-refractivity contribution in [3.05, 3.63) is 72.3 Å². The fourth-order valence-corrected chi connectivity index (χ4v) is 3.12. The van der Waals surface area contributed by atoms with Gasteiger partial charge in [-0.2, -0.15) is 13.2 Å². The molecule has 2 nitrogen and oxygen atoms in total. The van der Waals surface area contributed by atoms with Crippen molar-refractivity contribution >= 4 is 34.1 Å². The van der Waals surface area contributed by atoms with E-state index in [2.05, 4.69) is 5.32 Å². The van der Waals surface area contributed by atoms with E-state index in [0.717, 1.165) is 27.8 Å². The molecule has 0 atom stereocenters. The molecule has 128 valence electrons. The predicted octanol–water partition coefficient (Wildman–Crippen LogP) is 5.59. The summed E-state index contributed by atoms with van der Waals surface area (Å²) in [5.74, 6) is -0.230. The van der Waals surface area contributed by atoms with E-state index in [4.69, 9.17) is 0 Å². The molecule has 0 spiro atoms. The van der Waals surface area contributed by atoms with Crippen LogP contribution in [0.2, 0.25) is 0 Å². The van der Waals surface area contributed by atoms with Gasteiger partial charge in [0.1, 0.15) is 0 Å². The Balaban J connectivity index is 1.62. The van der Waals surface area contributed by atoms with Crippen molar-refractivity contribution in [1.29, 1.82) is 0 Å². The van der Waals surface area contributed by atoms with Crippen LogP contribution in [0.4, 0.5) is 18.9 Å². The third-order valence-electron chi connectivity index (χ3n) is 3.56. The fourth-order valence-electron chi connectivity index (χ4n) is 2.38. The molecule has 0 aliphatic carbocycles. The molecule has 3 rings (SSSR count). The molecule has 3 aromatic rings. The smallest absolute Gasteiger partial charge is 0.325 e. The number of thioether (sulfide) groups is 1. The Labute approximate surface area is 147 Å². The summed E-state index contributed by atoms with van der Waals surface area (Å²) in [4.78, 5) is 12.9. The zero-order chi connectivity index (χ0) is 17.9. The van der Waals surface area contributed by atoms with E-state index in [1.54, 1.807) is 0 Å². The van der Waals surface area contributed by atoms with Crippen molar-refractivity contribution in [2.24, 2.45) is 0 Å². The fraction of sp³-hybridized carbons (Fsp3) is 0.105. The molecule has 1 N–H and O–H groups in total. The summed E-state index contributed by atoms with van der Waals surface area (Å²) in [7, 11) is 0. The molecule has 0 saturated heterocycles. The average molecular weight is 361 g/mol.